The molecule has 118 valence electrons. The Kier molecular flexibility index (Phi) is 3.85. The maximum Gasteiger partial charge on any atom is 0.326 e. The Morgan fingerprint density at radius 3 is 2.45 bits per heavy atom. The van der Waals surface area contributed by atoms with Crippen LogP contribution in [0.5, 0.6) is 0 Å². The molecule has 0 saturated heterocycles. The molecule has 0 aliphatic heterocycles. The Balaban J connectivity index is 1.63. The minimum absolute atomic E-state index is 0.0725. The molecule has 0 heterocycles. The lowest BCUT2D eigenvalue weighted by Gasteiger charge is -2.14. The van der Waals surface area contributed by atoms with Crippen LogP contribution in [-0.4, -0.2) is 23.0 Å². The van der Waals surface area contributed by atoms with Crippen LogP contribution in [-0.2, 0) is 9.59 Å². The molecule has 0 spiro atoms. The van der Waals surface area contributed by atoms with Gasteiger partial charge in [0.05, 0.1) is 0 Å². The summed E-state index contributed by atoms with van der Waals surface area (Å²) in [6.45, 7) is 0. The standard InChI is InChI=1S/C16H17F2NO3/c17-11-2-1-3-12(18)14(11)9-7-10(9)15(20)19-13(16(21)22)6-8-4-5-8/h1-3,8-10,13H,4-7H2,(H,19,20)(H,21,22). The summed E-state index contributed by atoms with van der Waals surface area (Å²) in [5, 5.41) is 11.6. The van der Waals surface area contributed by atoms with Crippen molar-refractivity contribution in [2.24, 2.45) is 11.8 Å². The van der Waals surface area contributed by atoms with Gasteiger partial charge in [0.1, 0.15) is 17.7 Å². The Labute approximate surface area is 126 Å². The van der Waals surface area contributed by atoms with Gasteiger partial charge in [-0.15, -0.1) is 0 Å². The van der Waals surface area contributed by atoms with Gasteiger partial charge in [0, 0.05) is 17.4 Å². The first-order valence-electron chi connectivity index (χ1n) is 7.44. The molecule has 0 bridgehead atoms. The molecule has 22 heavy (non-hydrogen) atoms. The molecule has 2 saturated carbocycles. The second-order valence-corrected chi connectivity index (χ2v) is 6.16. The van der Waals surface area contributed by atoms with Crippen molar-refractivity contribution in [3.05, 3.63) is 35.4 Å². The second-order valence-electron chi connectivity index (χ2n) is 6.16. The molecule has 0 aromatic heterocycles. The molecule has 1 aromatic rings. The largest absolute Gasteiger partial charge is 0.480 e. The summed E-state index contributed by atoms with van der Waals surface area (Å²) < 4.78 is 27.4. The summed E-state index contributed by atoms with van der Waals surface area (Å²) in [7, 11) is 0. The Morgan fingerprint density at radius 1 is 1.27 bits per heavy atom. The number of carboxylic acids is 1. The number of carbonyl (C=O) groups is 2. The van der Waals surface area contributed by atoms with Crippen LogP contribution in [0.4, 0.5) is 8.78 Å². The van der Waals surface area contributed by atoms with Crippen LogP contribution in [0.2, 0.25) is 0 Å². The van der Waals surface area contributed by atoms with Gasteiger partial charge in [0.2, 0.25) is 5.91 Å². The molecule has 6 heteroatoms. The van der Waals surface area contributed by atoms with E-state index in [1.165, 1.54) is 18.2 Å². The van der Waals surface area contributed by atoms with E-state index in [-0.39, 0.29) is 5.56 Å². The molecule has 2 aliphatic carbocycles. The normalized spacial score (nSPS) is 24.6. The molecule has 0 radical (unpaired) electrons. The first-order valence-corrected chi connectivity index (χ1v) is 7.44. The van der Waals surface area contributed by atoms with Crippen molar-refractivity contribution in [2.45, 2.75) is 37.6 Å². The van der Waals surface area contributed by atoms with Crippen LogP contribution in [0, 0.1) is 23.5 Å². The third kappa shape index (κ3) is 3.10. The van der Waals surface area contributed by atoms with Gasteiger partial charge in [-0.1, -0.05) is 18.9 Å². The highest BCUT2D eigenvalue weighted by molar-refractivity contribution is 5.87. The van der Waals surface area contributed by atoms with Crippen molar-refractivity contribution in [2.75, 3.05) is 0 Å². The number of hydrogen-bond acceptors (Lipinski definition) is 2. The van der Waals surface area contributed by atoms with Gasteiger partial charge in [-0.2, -0.15) is 0 Å². The minimum Gasteiger partial charge on any atom is -0.480 e. The zero-order chi connectivity index (χ0) is 15.9. The summed E-state index contributed by atoms with van der Waals surface area (Å²) in [4.78, 5) is 23.3. The van der Waals surface area contributed by atoms with Crippen molar-refractivity contribution in [1.82, 2.24) is 5.32 Å². The van der Waals surface area contributed by atoms with Crippen LogP contribution < -0.4 is 5.32 Å². The second kappa shape index (κ2) is 5.66. The van der Waals surface area contributed by atoms with Gasteiger partial charge in [-0.25, -0.2) is 13.6 Å². The Morgan fingerprint density at radius 2 is 1.91 bits per heavy atom. The summed E-state index contributed by atoms with van der Waals surface area (Å²) in [5.74, 6) is -3.50. The fraction of sp³-hybridized carbons (Fsp3) is 0.500. The van der Waals surface area contributed by atoms with E-state index in [1.807, 2.05) is 0 Å². The quantitative estimate of drug-likeness (QED) is 0.848. The van der Waals surface area contributed by atoms with E-state index in [0.717, 1.165) is 12.8 Å². The zero-order valence-corrected chi connectivity index (χ0v) is 11.9. The number of benzene rings is 1. The van der Waals surface area contributed by atoms with Crippen LogP contribution >= 0.6 is 0 Å². The molecule has 1 amide bonds. The highest BCUT2D eigenvalue weighted by Crippen LogP contribution is 2.49. The molecule has 2 fully saturated rings. The molecule has 3 rings (SSSR count). The third-order valence-electron chi connectivity index (χ3n) is 4.38. The fourth-order valence-corrected chi connectivity index (χ4v) is 2.86. The van der Waals surface area contributed by atoms with E-state index in [0.29, 0.717) is 18.8 Å². The minimum atomic E-state index is -1.06. The van der Waals surface area contributed by atoms with Crippen molar-refractivity contribution >= 4 is 11.9 Å². The summed E-state index contributed by atoms with van der Waals surface area (Å²) >= 11 is 0. The maximum absolute atomic E-state index is 13.7. The van der Waals surface area contributed by atoms with Crippen molar-refractivity contribution in [3.63, 3.8) is 0 Å². The first-order chi connectivity index (χ1) is 10.5. The SMILES string of the molecule is O=C(O)C(CC1CC1)NC(=O)C1CC1c1c(F)cccc1F. The molecular weight excluding hydrogens is 292 g/mol. The Bertz CT molecular complexity index is 595. The lowest BCUT2D eigenvalue weighted by atomic mass is 10.1. The predicted molar refractivity (Wildman–Crippen MR) is 74.1 cm³/mol. The highest BCUT2D eigenvalue weighted by atomic mass is 19.1. The lowest BCUT2D eigenvalue weighted by molar-refractivity contribution is -0.142. The first kappa shape index (κ1) is 14.9. The molecule has 2 N–H and O–H groups in total. The number of amides is 1. The molecule has 2 aliphatic rings. The van der Waals surface area contributed by atoms with Gasteiger partial charge < -0.3 is 10.4 Å². The van der Waals surface area contributed by atoms with Crippen LogP contribution in [0.15, 0.2) is 18.2 Å². The van der Waals surface area contributed by atoms with Crippen molar-refractivity contribution in [1.29, 1.82) is 0 Å². The third-order valence-corrected chi connectivity index (χ3v) is 4.38. The number of nitrogens with one attached hydrogen (secondary N) is 1. The topological polar surface area (TPSA) is 66.4 Å². The van der Waals surface area contributed by atoms with E-state index in [4.69, 9.17) is 5.11 Å². The highest BCUT2D eigenvalue weighted by Gasteiger charge is 2.47. The van der Waals surface area contributed by atoms with E-state index in [2.05, 4.69) is 5.32 Å². The number of carboxylic acid groups (broad SMARTS) is 1. The van der Waals surface area contributed by atoms with Gasteiger partial charge in [0.25, 0.3) is 0 Å². The smallest absolute Gasteiger partial charge is 0.326 e. The van der Waals surface area contributed by atoms with Crippen LogP contribution in [0.1, 0.15) is 37.2 Å². The predicted octanol–water partition coefficient (Wildman–Crippen LogP) is 2.44. The number of aliphatic carboxylic acids is 1. The number of rotatable bonds is 6. The molecule has 1 aromatic carbocycles. The van der Waals surface area contributed by atoms with E-state index in [1.54, 1.807) is 0 Å². The molecular formula is C16H17F2NO3. The van der Waals surface area contributed by atoms with Crippen molar-refractivity contribution < 1.29 is 23.5 Å². The fourth-order valence-electron chi connectivity index (χ4n) is 2.86. The van der Waals surface area contributed by atoms with Gasteiger partial charge in [0.15, 0.2) is 0 Å². The van der Waals surface area contributed by atoms with Gasteiger partial charge in [-0.3, -0.25) is 4.79 Å². The number of carbonyl (C=O) groups excluding carboxylic acids is 1. The lowest BCUT2D eigenvalue weighted by Crippen LogP contribution is -2.42. The monoisotopic (exact) mass is 309 g/mol. The van der Waals surface area contributed by atoms with Crippen LogP contribution in [0.3, 0.4) is 0 Å². The zero-order valence-electron chi connectivity index (χ0n) is 11.9. The number of halogens is 2. The summed E-state index contributed by atoms with van der Waals surface area (Å²) in [6, 6.07) is 2.70. The average Bonchev–Trinajstić information content (AvgIpc) is 3.32. The van der Waals surface area contributed by atoms with Crippen molar-refractivity contribution in [3.8, 4) is 0 Å². The van der Waals surface area contributed by atoms with E-state index in [9.17, 15) is 18.4 Å². The van der Waals surface area contributed by atoms with Gasteiger partial charge >= 0.3 is 5.97 Å². The van der Waals surface area contributed by atoms with E-state index < -0.39 is 41.4 Å². The van der Waals surface area contributed by atoms with E-state index >= 15 is 0 Å². The average molecular weight is 309 g/mol. The molecule has 3 atom stereocenters. The Hall–Kier alpha value is -1.98. The molecule has 4 nitrogen and oxygen atoms in total. The number of hydrogen-bond donors (Lipinski definition) is 2. The molecule has 3 unspecified atom stereocenters. The summed E-state index contributed by atoms with van der Waals surface area (Å²) in [5.41, 5.74) is -0.0725. The van der Waals surface area contributed by atoms with Crippen LogP contribution in [0.25, 0.3) is 0 Å². The van der Waals surface area contributed by atoms with Gasteiger partial charge in [-0.05, 0) is 30.9 Å². The summed E-state index contributed by atoms with van der Waals surface area (Å²) in [6.07, 6.45) is 2.75. The maximum atomic E-state index is 13.7.